The standard InChI is InChI=1S/C25H20ClN3OS2/c1-16(18-6-3-2-4-7-18)14-29-24(30)22-21(20-8-5-13-27-23(20)32-22)28-25(29)31-15-17-9-11-19(26)12-10-17/h2-13,16H,14-15H2,1H3/t16-/m1/s1. The molecule has 4 nitrogen and oxygen atoms in total. The first-order valence-electron chi connectivity index (χ1n) is 10.3. The first-order chi connectivity index (χ1) is 15.6. The van der Waals surface area contributed by atoms with Gasteiger partial charge in [-0.2, -0.15) is 0 Å². The molecule has 0 aliphatic carbocycles. The maximum atomic E-state index is 13.6. The van der Waals surface area contributed by atoms with Gasteiger partial charge in [0.1, 0.15) is 9.53 Å². The first-order valence-corrected chi connectivity index (χ1v) is 12.5. The van der Waals surface area contributed by atoms with E-state index in [9.17, 15) is 4.79 Å². The summed E-state index contributed by atoms with van der Waals surface area (Å²) in [5.41, 5.74) is 3.07. The van der Waals surface area contributed by atoms with Gasteiger partial charge in [-0.15, -0.1) is 11.3 Å². The Labute approximate surface area is 198 Å². The molecular weight excluding hydrogens is 458 g/mol. The number of rotatable bonds is 6. The van der Waals surface area contributed by atoms with Crippen LogP contribution in [0.1, 0.15) is 24.0 Å². The van der Waals surface area contributed by atoms with Gasteiger partial charge < -0.3 is 0 Å². The topological polar surface area (TPSA) is 47.8 Å². The van der Waals surface area contributed by atoms with Crippen LogP contribution in [0.3, 0.4) is 0 Å². The van der Waals surface area contributed by atoms with E-state index in [0.717, 1.165) is 26.5 Å². The van der Waals surface area contributed by atoms with E-state index in [1.165, 1.54) is 16.9 Å². The lowest BCUT2D eigenvalue weighted by atomic mass is 10.0. The molecule has 2 aromatic carbocycles. The number of fused-ring (bicyclic) bond motifs is 3. The number of thiophene rings is 1. The molecule has 5 aromatic rings. The quantitative estimate of drug-likeness (QED) is 0.200. The van der Waals surface area contributed by atoms with Crippen LogP contribution >= 0.6 is 34.7 Å². The first kappa shape index (κ1) is 21.2. The predicted octanol–water partition coefficient (Wildman–Crippen LogP) is 6.76. The van der Waals surface area contributed by atoms with Crippen LogP contribution in [-0.2, 0) is 12.3 Å². The summed E-state index contributed by atoms with van der Waals surface area (Å²) in [5.74, 6) is 0.880. The fraction of sp³-hybridized carbons (Fsp3) is 0.160. The molecule has 3 aromatic heterocycles. The zero-order chi connectivity index (χ0) is 22.1. The molecule has 7 heteroatoms. The molecule has 0 fully saturated rings. The largest absolute Gasteiger partial charge is 0.286 e. The third-order valence-corrected chi connectivity index (χ3v) is 7.81. The second kappa shape index (κ2) is 9.06. The Balaban J connectivity index is 1.59. The number of thioether (sulfide) groups is 1. The van der Waals surface area contributed by atoms with Gasteiger partial charge in [-0.25, -0.2) is 9.97 Å². The lowest BCUT2D eigenvalue weighted by Gasteiger charge is -2.17. The summed E-state index contributed by atoms with van der Waals surface area (Å²) in [5, 5.41) is 2.37. The van der Waals surface area contributed by atoms with E-state index in [4.69, 9.17) is 16.6 Å². The van der Waals surface area contributed by atoms with Crippen molar-refractivity contribution in [3.8, 4) is 0 Å². The van der Waals surface area contributed by atoms with Crippen LogP contribution < -0.4 is 5.56 Å². The Morgan fingerprint density at radius 1 is 1.06 bits per heavy atom. The van der Waals surface area contributed by atoms with Gasteiger partial charge in [-0.3, -0.25) is 9.36 Å². The molecule has 1 atom stereocenters. The van der Waals surface area contributed by atoms with Crippen molar-refractivity contribution in [3.05, 3.63) is 99.4 Å². The number of pyridine rings is 1. The van der Waals surface area contributed by atoms with Crippen LogP contribution in [0, 0.1) is 0 Å². The maximum absolute atomic E-state index is 13.6. The van der Waals surface area contributed by atoms with Crippen molar-refractivity contribution in [3.63, 3.8) is 0 Å². The average molecular weight is 478 g/mol. The number of benzene rings is 2. The smallest absolute Gasteiger partial charge is 0.272 e. The van der Waals surface area contributed by atoms with Crippen molar-refractivity contribution in [2.24, 2.45) is 0 Å². The summed E-state index contributed by atoms with van der Waals surface area (Å²) in [4.78, 5) is 23.9. The zero-order valence-electron chi connectivity index (χ0n) is 17.4. The number of hydrogen-bond acceptors (Lipinski definition) is 5. The van der Waals surface area contributed by atoms with Crippen molar-refractivity contribution in [2.75, 3.05) is 0 Å². The monoisotopic (exact) mass is 477 g/mol. The molecule has 0 aliphatic heterocycles. The highest BCUT2D eigenvalue weighted by Crippen LogP contribution is 2.32. The number of nitrogens with zero attached hydrogens (tertiary/aromatic N) is 3. The molecule has 3 heterocycles. The lowest BCUT2D eigenvalue weighted by Crippen LogP contribution is -2.25. The lowest BCUT2D eigenvalue weighted by molar-refractivity contribution is 0.532. The summed E-state index contributed by atoms with van der Waals surface area (Å²) in [7, 11) is 0. The number of halogens is 1. The molecule has 0 spiro atoms. The van der Waals surface area contributed by atoms with Gasteiger partial charge in [0.2, 0.25) is 0 Å². The minimum Gasteiger partial charge on any atom is -0.286 e. The SMILES string of the molecule is C[C@H](Cn1c(SCc2ccc(Cl)cc2)nc2c(sc3ncccc32)c1=O)c1ccccc1. The van der Waals surface area contributed by atoms with Crippen molar-refractivity contribution >= 4 is 55.1 Å². The van der Waals surface area contributed by atoms with Crippen molar-refractivity contribution < 1.29 is 0 Å². The van der Waals surface area contributed by atoms with Gasteiger partial charge in [0.25, 0.3) is 5.56 Å². The van der Waals surface area contributed by atoms with E-state index in [1.54, 1.807) is 18.0 Å². The third-order valence-electron chi connectivity index (χ3n) is 5.42. The van der Waals surface area contributed by atoms with Crippen molar-refractivity contribution in [2.45, 2.75) is 30.3 Å². The summed E-state index contributed by atoms with van der Waals surface area (Å²) >= 11 is 9.03. The Morgan fingerprint density at radius 2 is 1.84 bits per heavy atom. The van der Waals surface area contributed by atoms with E-state index in [1.807, 2.05) is 59.2 Å². The molecule has 0 saturated heterocycles. The molecule has 0 saturated carbocycles. The number of aromatic nitrogens is 3. The van der Waals surface area contributed by atoms with Crippen LogP contribution in [0.25, 0.3) is 20.4 Å². The molecule has 0 N–H and O–H groups in total. The van der Waals surface area contributed by atoms with E-state index < -0.39 is 0 Å². The van der Waals surface area contributed by atoms with Crippen LogP contribution in [0.5, 0.6) is 0 Å². The Hall–Kier alpha value is -2.67. The van der Waals surface area contributed by atoms with Crippen LogP contribution in [-0.4, -0.2) is 14.5 Å². The fourth-order valence-electron chi connectivity index (χ4n) is 3.70. The molecule has 0 aliphatic rings. The molecule has 32 heavy (non-hydrogen) atoms. The highest BCUT2D eigenvalue weighted by atomic mass is 35.5. The molecule has 0 radical (unpaired) electrons. The molecule has 0 bridgehead atoms. The Kier molecular flexibility index (Phi) is 6.00. The summed E-state index contributed by atoms with van der Waals surface area (Å²) in [6, 6.07) is 21.9. The van der Waals surface area contributed by atoms with Crippen LogP contribution in [0.4, 0.5) is 0 Å². The summed E-state index contributed by atoms with van der Waals surface area (Å²) < 4.78 is 2.49. The second-order valence-electron chi connectivity index (χ2n) is 7.67. The van der Waals surface area contributed by atoms with Crippen molar-refractivity contribution in [1.29, 1.82) is 0 Å². The minimum atomic E-state index is -0.000567. The summed E-state index contributed by atoms with van der Waals surface area (Å²) in [6.07, 6.45) is 1.75. The van der Waals surface area contributed by atoms with Crippen LogP contribution in [0.2, 0.25) is 5.02 Å². The van der Waals surface area contributed by atoms with E-state index in [0.29, 0.717) is 22.0 Å². The van der Waals surface area contributed by atoms with Gasteiger partial charge in [0.15, 0.2) is 5.16 Å². The van der Waals surface area contributed by atoms with E-state index >= 15 is 0 Å². The highest BCUT2D eigenvalue weighted by Gasteiger charge is 2.19. The Bertz CT molecular complexity index is 1450. The van der Waals surface area contributed by atoms with E-state index in [2.05, 4.69) is 24.0 Å². The highest BCUT2D eigenvalue weighted by molar-refractivity contribution is 7.98. The van der Waals surface area contributed by atoms with Crippen molar-refractivity contribution in [1.82, 2.24) is 14.5 Å². The predicted molar refractivity (Wildman–Crippen MR) is 135 cm³/mol. The summed E-state index contributed by atoms with van der Waals surface area (Å²) in [6.45, 7) is 2.71. The average Bonchev–Trinajstić information content (AvgIpc) is 3.20. The van der Waals surface area contributed by atoms with Gasteiger partial charge >= 0.3 is 0 Å². The van der Waals surface area contributed by atoms with Gasteiger partial charge in [-0.05, 0) is 41.3 Å². The Morgan fingerprint density at radius 3 is 2.62 bits per heavy atom. The molecule has 0 amide bonds. The number of hydrogen-bond donors (Lipinski definition) is 0. The fourth-order valence-corrected chi connectivity index (χ4v) is 5.82. The van der Waals surface area contributed by atoms with Gasteiger partial charge in [0, 0.05) is 28.9 Å². The third kappa shape index (κ3) is 4.18. The normalized spacial score (nSPS) is 12.4. The van der Waals surface area contributed by atoms with Gasteiger partial charge in [-0.1, -0.05) is 72.8 Å². The van der Waals surface area contributed by atoms with Gasteiger partial charge in [0.05, 0.1) is 5.52 Å². The second-order valence-corrected chi connectivity index (χ2v) is 10.1. The minimum absolute atomic E-state index is 0.000567. The maximum Gasteiger partial charge on any atom is 0.272 e. The van der Waals surface area contributed by atoms with Crippen LogP contribution in [0.15, 0.2) is 82.9 Å². The molecule has 0 unspecified atom stereocenters. The molecule has 5 rings (SSSR count). The van der Waals surface area contributed by atoms with E-state index in [-0.39, 0.29) is 11.5 Å². The molecule has 160 valence electrons. The zero-order valence-corrected chi connectivity index (χ0v) is 19.8. The molecular formula is C25H20ClN3OS2.